The number of anilines is 2. The Labute approximate surface area is 186 Å². The van der Waals surface area contributed by atoms with E-state index in [1.165, 1.54) is 12.3 Å². The molecule has 3 aromatic heterocycles. The lowest BCUT2D eigenvalue weighted by molar-refractivity contribution is -0.132. The summed E-state index contributed by atoms with van der Waals surface area (Å²) in [6, 6.07) is 6.69. The number of hydrogen-bond acceptors (Lipinski definition) is 7. The lowest BCUT2D eigenvalue weighted by atomic mass is 10.1. The minimum atomic E-state index is -0.386. The highest BCUT2D eigenvalue weighted by atomic mass is 19.1. The summed E-state index contributed by atoms with van der Waals surface area (Å²) in [6.45, 7) is 6.58. The van der Waals surface area contributed by atoms with Gasteiger partial charge < -0.3 is 14.6 Å². The first-order valence-corrected chi connectivity index (χ1v) is 10.9. The van der Waals surface area contributed by atoms with E-state index in [-0.39, 0.29) is 23.7 Å². The molecule has 8 nitrogen and oxygen atoms in total. The molecule has 1 N–H and O–H groups in total. The van der Waals surface area contributed by atoms with Crippen LogP contribution in [0.25, 0.3) is 0 Å². The first-order chi connectivity index (χ1) is 15.4. The van der Waals surface area contributed by atoms with Crippen molar-refractivity contribution in [2.75, 3.05) is 11.9 Å². The Bertz CT molecular complexity index is 1080. The van der Waals surface area contributed by atoms with Crippen molar-refractivity contribution in [3.8, 4) is 0 Å². The van der Waals surface area contributed by atoms with Gasteiger partial charge in [-0.25, -0.2) is 9.37 Å². The fourth-order valence-electron chi connectivity index (χ4n) is 3.87. The van der Waals surface area contributed by atoms with Crippen molar-refractivity contribution >= 4 is 17.4 Å². The summed E-state index contributed by atoms with van der Waals surface area (Å²) in [5.41, 5.74) is 2.47. The number of nitrogens with zero attached hydrogens (tertiary/aromatic N) is 5. The molecule has 0 saturated carbocycles. The van der Waals surface area contributed by atoms with Gasteiger partial charge >= 0.3 is 0 Å². The maximum Gasteiger partial charge on any atom is 0.223 e. The summed E-state index contributed by atoms with van der Waals surface area (Å²) in [6.07, 6.45) is 3.68. The van der Waals surface area contributed by atoms with Gasteiger partial charge in [0.2, 0.25) is 17.7 Å². The van der Waals surface area contributed by atoms with E-state index in [0.29, 0.717) is 37.0 Å². The van der Waals surface area contributed by atoms with Crippen LogP contribution in [0.15, 0.2) is 34.9 Å². The zero-order valence-electron chi connectivity index (χ0n) is 18.5. The molecular formula is C23H27FN6O2. The van der Waals surface area contributed by atoms with Crippen molar-refractivity contribution in [2.24, 2.45) is 0 Å². The number of likely N-dealkylation sites (tertiary alicyclic amines) is 1. The molecule has 1 amide bonds. The first kappa shape index (κ1) is 21.9. The Morgan fingerprint density at radius 1 is 1.31 bits per heavy atom. The number of halogens is 1. The number of aryl methyl sites for hydroxylation is 2. The van der Waals surface area contributed by atoms with Crippen molar-refractivity contribution in [3.05, 3.63) is 59.4 Å². The van der Waals surface area contributed by atoms with Gasteiger partial charge in [0.1, 0.15) is 11.6 Å². The molecule has 1 aliphatic rings. The fraction of sp³-hybridized carbons (Fsp3) is 0.435. The maximum atomic E-state index is 13.1. The molecule has 0 spiro atoms. The number of aromatic nitrogens is 4. The van der Waals surface area contributed by atoms with Crippen LogP contribution >= 0.6 is 0 Å². The standard InChI is InChI=1S/C23H27FN6O2/c1-14(2)23-29-28-21(32-23)8-9-22(31)30-10-4-5-19(30)18-12-17(11-15(3)26-18)27-20-7-6-16(24)13-25-20/h6-7,11-14,19H,4-5,8-10H2,1-3H3,(H,25,26,27)/t19-/m0/s1. The van der Waals surface area contributed by atoms with Crippen LogP contribution in [-0.2, 0) is 11.2 Å². The molecule has 0 aromatic carbocycles. The molecule has 3 aromatic rings. The number of carbonyl (C=O) groups excluding carboxylic acids is 1. The largest absolute Gasteiger partial charge is 0.425 e. The first-order valence-electron chi connectivity index (χ1n) is 10.9. The van der Waals surface area contributed by atoms with E-state index in [0.717, 1.165) is 29.9 Å². The van der Waals surface area contributed by atoms with Gasteiger partial charge in [-0.3, -0.25) is 9.78 Å². The van der Waals surface area contributed by atoms with Gasteiger partial charge in [0.15, 0.2) is 0 Å². The molecule has 168 valence electrons. The Kier molecular flexibility index (Phi) is 6.43. The Hall–Kier alpha value is -3.36. The van der Waals surface area contributed by atoms with E-state index in [1.54, 1.807) is 6.07 Å². The van der Waals surface area contributed by atoms with E-state index < -0.39 is 0 Å². The second-order valence-corrected chi connectivity index (χ2v) is 8.34. The van der Waals surface area contributed by atoms with E-state index >= 15 is 0 Å². The predicted octanol–water partition coefficient (Wildman–Crippen LogP) is 4.47. The molecule has 4 heterocycles. The number of carbonyl (C=O) groups is 1. The molecule has 4 rings (SSSR count). The SMILES string of the molecule is Cc1cc(Nc2ccc(F)cn2)cc([C@@H]2CCCN2C(=O)CCc2nnc(C(C)C)o2)n1. The Balaban J connectivity index is 1.45. The van der Waals surface area contributed by atoms with Crippen molar-refractivity contribution < 1.29 is 13.6 Å². The molecule has 0 unspecified atom stereocenters. The van der Waals surface area contributed by atoms with Crippen LogP contribution in [0.5, 0.6) is 0 Å². The summed E-state index contributed by atoms with van der Waals surface area (Å²) >= 11 is 0. The summed E-state index contributed by atoms with van der Waals surface area (Å²) in [5.74, 6) is 1.45. The van der Waals surface area contributed by atoms with Crippen LogP contribution in [0.1, 0.15) is 68.2 Å². The van der Waals surface area contributed by atoms with Gasteiger partial charge in [0.05, 0.1) is 17.9 Å². The van der Waals surface area contributed by atoms with Gasteiger partial charge in [-0.1, -0.05) is 13.8 Å². The third-order valence-electron chi connectivity index (χ3n) is 5.42. The Morgan fingerprint density at radius 2 is 2.16 bits per heavy atom. The molecular weight excluding hydrogens is 411 g/mol. The third-order valence-corrected chi connectivity index (χ3v) is 5.42. The van der Waals surface area contributed by atoms with E-state index in [2.05, 4.69) is 20.5 Å². The quantitative estimate of drug-likeness (QED) is 0.581. The zero-order chi connectivity index (χ0) is 22.7. The second kappa shape index (κ2) is 9.42. The van der Waals surface area contributed by atoms with Gasteiger partial charge in [-0.2, -0.15) is 0 Å². The number of amides is 1. The minimum Gasteiger partial charge on any atom is -0.425 e. The highest BCUT2D eigenvalue weighted by Crippen LogP contribution is 2.33. The summed E-state index contributed by atoms with van der Waals surface area (Å²) in [7, 11) is 0. The van der Waals surface area contributed by atoms with Crippen LogP contribution in [-0.4, -0.2) is 37.5 Å². The summed E-state index contributed by atoms with van der Waals surface area (Å²) < 4.78 is 18.8. The normalized spacial score (nSPS) is 16.0. The lowest BCUT2D eigenvalue weighted by Gasteiger charge is -2.25. The van der Waals surface area contributed by atoms with E-state index in [9.17, 15) is 9.18 Å². The predicted molar refractivity (Wildman–Crippen MR) is 117 cm³/mol. The molecule has 0 radical (unpaired) electrons. The van der Waals surface area contributed by atoms with Crippen molar-refractivity contribution in [1.29, 1.82) is 0 Å². The van der Waals surface area contributed by atoms with Gasteiger partial charge in [0.25, 0.3) is 0 Å². The average Bonchev–Trinajstić information content (AvgIpc) is 3.43. The minimum absolute atomic E-state index is 0.0508. The smallest absolute Gasteiger partial charge is 0.223 e. The maximum absolute atomic E-state index is 13.1. The van der Waals surface area contributed by atoms with Crippen LogP contribution in [0, 0.1) is 12.7 Å². The molecule has 32 heavy (non-hydrogen) atoms. The molecule has 1 saturated heterocycles. The molecule has 0 bridgehead atoms. The second-order valence-electron chi connectivity index (χ2n) is 8.34. The molecule has 9 heteroatoms. The third kappa shape index (κ3) is 5.09. The topological polar surface area (TPSA) is 97.0 Å². The molecule has 1 aliphatic heterocycles. The number of pyridine rings is 2. The van der Waals surface area contributed by atoms with Crippen LogP contribution in [0.4, 0.5) is 15.9 Å². The molecule has 0 aliphatic carbocycles. The molecule has 1 atom stereocenters. The Morgan fingerprint density at radius 3 is 2.88 bits per heavy atom. The van der Waals surface area contributed by atoms with Gasteiger partial charge in [-0.05, 0) is 44.0 Å². The van der Waals surface area contributed by atoms with Crippen LogP contribution in [0.2, 0.25) is 0 Å². The average molecular weight is 439 g/mol. The van der Waals surface area contributed by atoms with Crippen LogP contribution in [0.3, 0.4) is 0 Å². The summed E-state index contributed by atoms with van der Waals surface area (Å²) in [5, 5.41) is 11.3. The van der Waals surface area contributed by atoms with Crippen molar-refractivity contribution in [2.45, 2.75) is 58.4 Å². The number of nitrogens with one attached hydrogen (secondary N) is 1. The van der Waals surface area contributed by atoms with Gasteiger partial charge in [0, 0.05) is 36.7 Å². The zero-order valence-corrected chi connectivity index (χ0v) is 18.5. The number of rotatable bonds is 7. The van der Waals surface area contributed by atoms with Crippen LogP contribution < -0.4 is 5.32 Å². The van der Waals surface area contributed by atoms with Crippen molar-refractivity contribution in [1.82, 2.24) is 25.1 Å². The van der Waals surface area contributed by atoms with Gasteiger partial charge in [-0.15, -0.1) is 10.2 Å². The van der Waals surface area contributed by atoms with Crippen molar-refractivity contribution in [3.63, 3.8) is 0 Å². The van der Waals surface area contributed by atoms with E-state index in [4.69, 9.17) is 9.40 Å². The highest BCUT2D eigenvalue weighted by Gasteiger charge is 2.31. The highest BCUT2D eigenvalue weighted by molar-refractivity contribution is 5.77. The van der Waals surface area contributed by atoms with E-state index in [1.807, 2.05) is 37.8 Å². The fourth-order valence-corrected chi connectivity index (χ4v) is 3.87. The summed E-state index contributed by atoms with van der Waals surface area (Å²) in [4.78, 5) is 23.6. The lowest BCUT2D eigenvalue weighted by Crippen LogP contribution is -2.31. The monoisotopic (exact) mass is 438 g/mol. The number of hydrogen-bond donors (Lipinski definition) is 1. The molecule has 1 fully saturated rings.